The van der Waals surface area contributed by atoms with E-state index in [1.165, 1.54) is 17.7 Å². The lowest BCUT2D eigenvalue weighted by atomic mass is 9.85. The van der Waals surface area contributed by atoms with Crippen LogP contribution < -0.4 is 10.6 Å². The van der Waals surface area contributed by atoms with Crippen LogP contribution in [0.4, 0.5) is 0 Å². The van der Waals surface area contributed by atoms with Gasteiger partial charge in [0, 0.05) is 26.7 Å². The molecule has 4 atom stereocenters. The van der Waals surface area contributed by atoms with E-state index in [9.17, 15) is 9.59 Å². The molecule has 0 spiro atoms. The van der Waals surface area contributed by atoms with Gasteiger partial charge in [-0.1, -0.05) is 19.1 Å². The lowest BCUT2D eigenvalue weighted by Gasteiger charge is -2.19. The van der Waals surface area contributed by atoms with Gasteiger partial charge in [-0.3, -0.25) is 19.5 Å². The zero-order chi connectivity index (χ0) is 16.9. The molecule has 3 aliphatic carbocycles. The molecule has 4 aliphatic rings. The highest BCUT2D eigenvalue weighted by Crippen LogP contribution is 2.52. The van der Waals surface area contributed by atoms with Crippen molar-refractivity contribution in [3.8, 4) is 0 Å². The third kappa shape index (κ3) is 3.31. The topological polar surface area (TPSA) is 73.8 Å². The second kappa shape index (κ2) is 6.89. The van der Waals surface area contributed by atoms with Crippen molar-refractivity contribution in [2.24, 2.45) is 34.1 Å². The van der Waals surface area contributed by atoms with E-state index in [1.807, 2.05) is 0 Å². The summed E-state index contributed by atoms with van der Waals surface area (Å²) in [6.45, 7) is 4.13. The van der Waals surface area contributed by atoms with Crippen molar-refractivity contribution >= 4 is 41.8 Å². The molecule has 4 unspecified atom stereocenters. The fraction of sp³-hybridized carbons (Fsp3) is 0.722. The van der Waals surface area contributed by atoms with Crippen LogP contribution in [0.2, 0.25) is 0 Å². The van der Waals surface area contributed by atoms with Crippen LogP contribution in [-0.4, -0.2) is 49.4 Å². The maximum Gasteiger partial charge on any atom is 0.233 e. The lowest BCUT2D eigenvalue weighted by Crippen LogP contribution is -2.44. The molecule has 1 aliphatic heterocycles. The number of nitrogens with zero attached hydrogens (tertiary/aromatic N) is 2. The molecule has 3 fully saturated rings. The zero-order valence-electron chi connectivity index (χ0n) is 14.8. The fourth-order valence-corrected chi connectivity index (χ4v) is 4.38. The van der Waals surface area contributed by atoms with E-state index in [1.54, 1.807) is 7.05 Å². The average Bonchev–Trinajstić information content (AvgIpc) is 2.94. The Balaban J connectivity index is 0.00000182. The number of aliphatic imine (C=N–C) groups is 1. The molecule has 0 aromatic carbocycles. The van der Waals surface area contributed by atoms with E-state index in [0.717, 1.165) is 18.9 Å². The van der Waals surface area contributed by atoms with Gasteiger partial charge < -0.3 is 10.6 Å². The minimum absolute atomic E-state index is 0. The van der Waals surface area contributed by atoms with Gasteiger partial charge in [-0.05, 0) is 36.5 Å². The van der Waals surface area contributed by atoms with E-state index in [0.29, 0.717) is 18.5 Å². The van der Waals surface area contributed by atoms with Gasteiger partial charge in [-0.15, -0.1) is 24.0 Å². The van der Waals surface area contributed by atoms with Crippen LogP contribution >= 0.6 is 24.0 Å². The predicted molar refractivity (Wildman–Crippen MR) is 107 cm³/mol. The quantitative estimate of drug-likeness (QED) is 0.215. The maximum absolute atomic E-state index is 12.6. The molecule has 7 heteroatoms. The second-order valence-corrected chi connectivity index (χ2v) is 7.99. The minimum atomic E-state index is -0.0975. The molecule has 0 aromatic rings. The second-order valence-electron chi connectivity index (χ2n) is 7.99. The number of rotatable bonds is 5. The van der Waals surface area contributed by atoms with E-state index in [2.05, 4.69) is 34.7 Å². The SMILES string of the molecule is CN=C(NCCN1C(=O)C2C3C=CC(C3)C2C1=O)NCC1(C)CC1.I. The standard InChI is InChI=1S/C18H26N4O2.HI/c1-18(5-6-18)10-21-17(19-2)20-7-8-22-15(23)13-11-3-4-12(9-11)14(13)16(22)24;/h3-4,11-14H,5-10H2,1-2H3,(H2,19,20,21);1H. The molecule has 25 heavy (non-hydrogen) atoms. The smallest absolute Gasteiger partial charge is 0.233 e. The number of carbonyl (C=O) groups is 2. The van der Waals surface area contributed by atoms with Crippen molar-refractivity contribution in [2.75, 3.05) is 26.7 Å². The third-order valence-corrected chi connectivity index (χ3v) is 6.20. The first kappa shape index (κ1) is 18.7. The molecule has 6 nitrogen and oxygen atoms in total. The van der Waals surface area contributed by atoms with Crippen molar-refractivity contribution in [1.82, 2.24) is 15.5 Å². The summed E-state index contributed by atoms with van der Waals surface area (Å²) < 4.78 is 0. The molecule has 0 aromatic heterocycles. The average molecular weight is 458 g/mol. The molecule has 0 radical (unpaired) electrons. The largest absolute Gasteiger partial charge is 0.356 e. The fourth-order valence-electron chi connectivity index (χ4n) is 4.38. The highest BCUT2D eigenvalue weighted by atomic mass is 127. The molecule has 2 N–H and O–H groups in total. The molecule has 1 saturated heterocycles. The summed E-state index contributed by atoms with van der Waals surface area (Å²) in [6.07, 6.45) is 7.75. The Hall–Kier alpha value is -1.12. The van der Waals surface area contributed by atoms with Crippen molar-refractivity contribution in [3.05, 3.63) is 12.2 Å². The Morgan fingerprint density at radius 3 is 2.32 bits per heavy atom. The van der Waals surface area contributed by atoms with Crippen LogP contribution in [0.15, 0.2) is 17.1 Å². The van der Waals surface area contributed by atoms with Crippen molar-refractivity contribution < 1.29 is 9.59 Å². The number of likely N-dealkylation sites (tertiary alicyclic amines) is 1. The molecule has 2 bridgehead atoms. The number of amides is 2. The van der Waals surface area contributed by atoms with E-state index >= 15 is 0 Å². The first-order valence-corrected chi connectivity index (χ1v) is 9.00. The summed E-state index contributed by atoms with van der Waals surface area (Å²) in [6, 6.07) is 0. The van der Waals surface area contributed by atoms with Crippen LogP contribution in [0.25, 0.3) is 0 Å². The van der Waals surface area contributed by atoms with Gasteiger partial charge in [-0.2, -0.15) is 0 Å². The van der Waals surface area contributed by atoms with Gasteiger partial charge in [0.15, 0.2) is 5.96 Å². The zero-order valence-corrected chi connectivity index (χ0v) is 17.2. The Kier molecular flexibility index (Phi) is 5.14. The van der Waals surface area contributed by atoms with Gasteiger partial charge in [0.25, 0.3) is 0 Å². The van der Waals surface area contributed by atoms with Crippen molar-refractivity contribution in [2.45, 2.75) is 26.2 Å². The van der Waals surface area contributed by atoms with Gasteiger partial charge in [0.05, 0.1) is 11.8 Å². The number of carbonyl (C=O) groups excluding carboxylic acids is 2. The van der Waals surface area contributed by atoms with E-state index in [4.69, 9.17) is 0 Å². The number of imide groups is 1. The Morgan fingerprint density at radius 2 is 1.80 bits per heavy atom. The van der Waals surface area contributed by atoms with E-state index < -0.39 is 0 Å². The Labute approximate surface area is 165 Å². The van der Waals surface area contributed by atoms with Crippen LogP contribution in [-0.2, 0) is 9.59 Å². The number of fused-ring (bicyclic) bond motifs is 5. The minimum Gasteiger partial charge on any atom is -0.356 e. The summed E-state index contributed by atoms with van der Waals surface area (Å²) in [5, 5.41) is 6.54. The monoisotopic (exact) mass is 458 g/mol. The van der Waals surface area contributed by atoms with Crippen molar-refractivity contribution in [1.29, 1.82) is 0 Å². The number of hydrogen-bond acceptors (Lipinski definition) is 3. The summed E-state index contributed by atoms with van der Waals surface area (Å²) in [5.41, 5.74) is 0.405. The van der Waals surface area contributed by atoms with Gasteiger partial charge in [0.1, 0.15) is 0 Å². The van der Waals surface area contributed by atoms with Gasteiger partial charge >= 0.3 is 0 Å². The lowest BCUT2D eigenvalue weighted by molar-refractivity contribution is -0.140. The number of guanidine groups is 1. The molecular weight excluding hydrogens is 431 g/mol. The normalized spacial score (nSPS) is 34.2. The number of allylic oxidation sites excluding steroid dienone is 2. The molecule has 138 valence electrons. The molecule has 2 amide bonds. The molecule has 1 heterocycles. The van der Waals surface area contributed by atoms with Crippen LogP contribution in [0.1, 0.15) is 26.2 Å². The Bertz CT molecular complexity index is 599. The first-order chi connectivity index (χ1) is 11.5. The summed E-state index contributed by atoms with van der Waals surface area (Å²) >= 11 is 0. The predicted octanol–water partition coefficient (Wildman–Crippen LogP) is 1.38. The Morgan fingerprint density at radius 1 is 1.20 bits per heavy atom. The highest BCUT2D eigenvalue weighted by molar-refractivity contribution is 14.0. The van der Waals surface area contributed by atoms with E-state index in [-0.39, 0.29) is 59.5 Å². The summed E-state index contributed by atoms with van der Waals surface area (Å²) in [5.74, 6) is 1.16. The highest BCUT2D eigenvalue weighted by Gasteiger charge is 2.58. The van der Waals surface area contributed by atoms with Crippen molar-refractivity contribution in [3.63, 3.8) is 0 Å². The molecular formula is C18H27IN4O2. The number of halogens is 1. The molecule has 4 rings (SSSR count). The van der Waals surface area contributed by atoms with Crippen LogP contribution in [0.5, 0.6) is 0 Å². The van der Waals surface area contributed by atoms with Gasteiger partial charge in [-0.25, -0.2) is 0 Å². The van der Waals surface area contributed by atoms with Gasteiger partial charge in [0.2, 0.25) is 11.8 Å². The van der Waals surface area contributed by atoms with Crippen LogP contribution in [0.3, 0.4) is 0 Å². The summed E-state index contributed by atoms with van der Waals surface area (Å²) in [7, 11) is 1.74. The first-order valence-electron chi connectivity index (χ1n) is 9.00. The molecule has 2 saturated carbocycles. The summed E-state index contributed by atoms with van der Waals surface area (Å²) in [4.78, 5) is 30.9. The van der Waals surface area contributed by atoms with Crippen LogP contribution in [0, 0.1) is 29.1 Å². The number of nitrogens with one attached hydrogen (secondary N) is 2. The maximum atomic E-state index is 12.6. The third-order valence-electron chi connectivity index (χ3n) is 6.20. The number of hydrogen-bond donors (Lipinski definition) is 2.